The number of thioether (sulfide) groups is 1. The van der Waals surface area contributed by atoms with E-state index in [1.165, 1.54) is 53.7 Å². The summed E-state index contributed by atoms with van der Waals surface area (Å²) in [7, 11) is 0. The molecule has 3 aromatic rings. The van der Waals surface area contributed by atoms with Crippen LogP contribution in [0.1, 0.15) is 42.0 Å². The summed E-state index contributed by atoms with van der Waals surface area (Å²) in [5.41, 5.74) is 7.01. The lowest BCUT2D eigenvalue weighted by atomic mass is 9.82. The van der Waals surface area contributed by atoms with Crippen LogP contribution in [0.5, 0.6) is 0 Å². The maximum atomic E-state index is 13.8. The van der Waals surface area contributed by atoms with Gasteiger partial charge in [0.1, 0.15) is 17.5 Å². The Morgan fingerprint density at radius 1 is 0.800 bits per heavy atom. The maximum absolute atomic E-state index is 13.8. The fourth-order valence-electron chi connectivity index (χ4n) is 4.95. The zero-order chi connectivity index (χ0) is 23.9. The number of nitrogens with zero attached hydrogens (tertiary/aromatic N) is 2. The normalized spacial score (nSPS) is 20.5. The predicted molar refractivity (Wildman–Crippen MR) is 136 cm³/mol. The monoisotopic (exact) mass is 486 g/mol. The van der Waals surface area contributed by atoms with Gasteiger partial charge in [-0.05, 0) is 102 Å². The van der Waals surface area contributed by atoms with Crippen LogP contribution in [0.3, 0.4) is 0 Å². The summed E-state index contributed by atoms with van der Waals surface area (Å²) in [5, 5.41) is 2.88. The first-order valence-corrected chi connectivity index (χ1v) is 12.4. The van der Waals surface area contributed by atoms with Crippen molar-refractivity contribution in [3.8, 4) is 0 Å². The number of fused-ring (bicyclic) bond motifs is 1. The number of rotatable bonds is 3. The molecule has 2 nitrogen and oxygen atoms in total. The van der Waals surface area contributed by atoms with E-state index >= 15 is 0 Å². The molecule has 2 heterocycles. The van der Waals surface area contributed by atoms with Gasteiger partial charge in [0.2, 0.25) is 0 Å². The molecule has 0 fully saturated rings. The largest absolute Gasteiger partial charge is 0.308 e. The number of allylic oxidation sites excluding steroid dienone is 1. The van der Waals surface area contributed by atoms with E-state index in [-0.39, 0.29) is 23.5 Å². The van der Waals surface area contributed by atoms with Gasteiger partial charge in [-0.2, -0.15) is 0 Å². The molecule has 3 aromatic carbocycles. The summed E-state index contributed by atoms with van der Waals surface area (Å²) in [4.78, 5) is 7.28. The molecule has 0 amide bonds. The van der Waals surface area contributed by atoms with Gasteiger partial charge in [-0.15, -0.1) is 0 Å². The minimum absolute atomic E-state index is 0.152. The van der Waals surface area contributed by atoms with E-state index < -0.39 is 0 Å². The van der Waals surface area contributed by atoms with Crippen molar-refractivity contribution in [1.82, 2.24) is 4.90 Å². The molecular formula is C29H21F3N2S. The van der Waals surface area contributed by atoms with Crippen molar-refractivity contribution >= 4 is 28.7 Å². The molecule has 6 rings (SSSR count). The highest BCUT2D eigenvalue weighted by atomic mass is 32.2. The summed E-state index contributed by atoms with van der Waals surface area (Å²) >= 11 is 1.54. The van der Waals surface area contributed by atoms with E-state index in [9.17, 15) is 13.2 Å². The van der Waals surface area contributed by atoms with E-state index in [4.69, 9.17) is 4.99 Å². The van der Waals surface area contributed by atoms with Crippen molar-refractivity contribution in [2.24, 2.45) is 4.99 Å². The predicted octanol–water partition coefficient (Wildman–Crippen LogP) is 8.08. The lowest BCUT2D eigenvalue weighted by Crippen LogP contribution is -2.34. The molecule has 174 valence electrons. The van der Waals surface area contributed by atoms with Gasteiger partial charge >= 0.3 is 0 Å². The smallest absolute Gasteiger partial charge is 0.174 e. The first-order valence-electron chi connectivity index (χ1n) is 11.5. The van der Waals surface area contributed by atoms with Crippen LogP contribution >= 0.6 is 11.8 Å². The molecule has 0 saturated heterocycles. The molecule has 0 aromatic heterocycles. The molecule has 1 aliphatic carbocycles. The van der Waals surface area contributed by atoms with Crippen LogP contribution in [0.25, 0.3) is 11.8 Å². The van der Waals surface area contributed by atoms with Gasteiger partial charge in [0.15, 0.2) is 5.17 Å². The number of aliphatic imine (C=N–C) groups is 1. The second-order valence-corrected chi connectivity index (χ2v) is 9.63. The van der Waals surface area contributed by atoms with Crippen LogP contribution in [0, 0.1) is 17.5 Å². The number of hydrogen-bond acceptors (Lipinski definition) is 3. The molecule has 1 atom stereocenters. The zero-order valence-corrected chi connectivity index (χ0v) is 19.5. The molecule has 0 N–H and O–H groups in total. The highest BCUT2D eigenvalue weighted by molar-refractivity contribution is 8.16. The topological polar surface area (TPSA) is 15.6 Å². The second kappa shape index (κ2) is 8.93. The second-order valence-electron chi connectivity index (χ2n) is 8.79. The Kier molecular flexibility index (Phi) is 5.61. The Hall–Kier alpha value is -3.51. The fourth-order valence-corrected chi connectivity index (χ4v) is 5.88. The molecule has 0 bridgehead atoms. The molecule has 6 heteroatoms. The highest BCUT2D eigenvalue weighted by Gasteiger charge is 2.40. The zero-order valence-electron chi connectivity index (χ0n) is 18.7. The number of halogens is 3. The maximum Gasteiger partial charge on any atom is 0.174 e. The third-order valence-corrected chi connectivity index (χ3v) is 7.41. The van der Waals surface area contributed by atoms with Crippen molar-refractivity contribution in [1.29, 1.82) is 0 Å². The lowest BCUT2D eigenvalue weighted by Gasteiger charge is -2.40. The Bertz CT molecular complexity index is 1400. The molecule has 0 saturated carbocycles. The highest BCUT2D eigenvalue weighted by Crippen LogP contribution is 2.51. The summed E-state index contributed by atoms with van der Waals surface area (Å²) in [6, 6.07) is 19.4. The van der Waals surface area contributed by atoms with Gasteiger partial charge in [0, 0.05) is 5.41 Å². The van der Waals surface area contributed by atoms with E-state index in [0.717, 1.165) is 58.1 Å². The minimum atomic E-state index is -0.282. The molecular weight excluding hydrogens is 465 g/mol. The van der Waals surface area contributed by atoms with Crippen LogP contribution in [-0.4, -0.2) is 10.1 Å². The standard InChI is InChI=1S/C29H21F3N2S/c30-22-10-4-18(5-11-22)16-21-2-1-3-25-27(21)33-29-34(28(25)20-8-14-24(32)15-9-20)26(17-35-29)19-6-12-23(31)13-7-19/h4-17,28H,1-3H2/b21-16+. The Morgan fingerprint density at radius 3 is 2.11 bits per heavy atom. The Labute approximate surface area is 206 Å². The summed E-state index contributed by atoms with van der Waals surface area (Å²) < 4.78 is 40.9. The molecule has 2 aliphatic heterocycles. The van der Waals surface area contributed by atoms with Gasteiger partial charge in [-0.25, -0.2) is 18.2 Å². The van der Waals surface area contributed by atoms with E-state index in [0.29, 0.717) is 0 Å². The van der Waals surface area contributed by atoms with Gasteiger partial charge in [0.05, 0.1) is 17.4 Å². The van der Waals surface area contributed by atoms with Gasteiger partial charge in [-0.3, -0.25) is 0 Å². The Balaban J connectivity index is 1.48. The third-order valence-electron chi connectivity index (χ3n) is 6.57. The van der Waals surface area contributed by atoms with Crippen molar-refractivity contribution in [3.05, 3.63) is 129 Å². The van der Waals surface area contributed by atoms with E-state index in [1.807, 2.05) is 17.5 Å². The van der Waals surface area contributed by atoms with E-state index in [2.05, 4.69) is 11.0 Å². The van der Waals surface area contributed by atoms with Crippen LogP contribution < -0.4 is 0 Å². The molecule has 3 aliphatic rings. The van der Waals surface area contributed by atoms with Crippen LogP contribution in [-0.2, 0) is 0 Å². The van der Waals surface area contributed by atoms with Crippen molar-refractivity contribution < 1.29 is 13.2 Å². The van der Waals surface area contributed by atoms with Crippen molar-refractivity contribution in [2.75, 3.05) is 0 Å². The van der Waals surface area contributed by atoms with Crippen LogP contribution in [0.2, 0.25) is 0 Å². The van der Waals surface area contributed by atoms with Gasteiger partial charge in [0.25, 0.3) is 0 Å². The van der Waals surface area contributed by atoms with Gasteiger partial charge in [-0.1, -0.05) is 36.0 Å². The average molecular weight is 487 g/mol. The Morgan fingerprint density at radius 2 is 1.43 bits per heavy atom. The summed E-state index contributed by atoms with van der Waals surface area (Å²) in [5.74, 6) is -0.823. The van der Waals surface area contributed by atoms with Crippen molar-refractivity contribution in [3.63, 3.8) is 0 Å². The van der Waals surface area contributed by atoms with Gasteiger partial charge < -0.3 is 4.90 Å². The van der Waals surface area contributed by atoms with E-state index in [1.54, 1.807) is 24.3 Å². The third kappa shape index (κ3) is 4.12. The molecule has 35 heavy (non-hydrogen) atoms. The fraction of sp³-hybridized carbons (Fsp3) is 0.138. The molecule has 0 spiro atoms. The number of hydrogen-bond donors (Lipinski definition) is 0. The number of amidine groups is 1. The van der Waals surface area contributed by atoms with Crippen molar-refractivity contribution in [2.45, 2.75) is 25.3 Å². The molecule has 1 unspecified atom stereocenters. The first-order chi connectivity index (χ1) is 17.1. The summed E-state index contributed by atoms with van der Waals surface area (Å²) in [6.45, 7) is 0. The molecule has 0 radical (unpaired) electrons. The SMILES string of the molecule is Fc1ccc(/C=C2\CCCC3=C2N=C2SC=C(c4ccc(F)cc4)N2C3c2ccc(F)cc2)cc1. The minimum Gasteiger partial charge on any atom is -0.308 e. The summed E-state index contributed by atoms with van der Waals surface area (Å²) in [6.07, 6.45) is 4.80. The van der Waals surface area contributed by atoms with Crippen LogP contribution in [0.4, 0.5) is 13.2 Å². The quantitative estimate of drug-likeness (QED) is 0.372. The lowest BCUT2D eigenvalue weighted by molar-refractivity contribution is 0.457. The van der Waals surface area contributed by atoms with Crippen LogP contribution in [0.15, 0.2) is 100 Å². The first kappa shape index (κ1) is 22.0. The average Bonchev–Trinajstić information content (AvgIpc) is 3.29. The number of benzene rings is 3.